The maximum absolute atomic E-state index is 13.3. The van der Waals surface area contributed by atoms with Crippen LogP contribution in [0.2, 0.25) is 0 Å². The first-order valence-corrected chi connectivity index (χ1v) is 7.06. The summed E-state index contributed by atoms with van der Waals surface area (Å²) in [6.45, 7) is 0.815. The number of halogens is 2. The predicted molar refractivity (Wildman–Crippen MR) is 73.4 cm³/mol. The van der Waals surface area contributed by atoms with Gasteiger partial charge in [0.25, 0.3) is 0 Å². The van der Waals surface area contributed by atoms with Crippen LogP contribution in [-0.2, 0) is 9.59 Å². The Balaban J connectivity index is 1.70. The molecular formula is C15H17F2NO4. The monoisotopic (exact) mass is 313 g/mol. The molecule has 0 bridgehead atoms. The number of rotatable bonds is 6. The van der Waals surface area contributed by atoms with Crippen molar-refractivity contribution in [3.05, 3.63) is 29.8 Å². The molecule has 1 heterocycles. The number of carbonyl (C=O) groups excluding carboxylic acids is 1. The van der Waals surface area contributed by atoms with E-state index in [0.29, 0.717) is 19.4 Å². The fourth-order valence-electron chi connectivity index (χ4n) is 2.34. The van der Waals surface area contributed by atoms with E-state index in [0.717, 1.165) is 12.1 Å². The van der Waals surface area contributed by atoms with E-state index in [1.807, 2.05) is 0 Å². The Morgan fingerprint density at radius 1 is 1.36 bits per heavy atom. The van der Waals surface area contributed by atoms with Gasteiger partial charge in [-0.1, -0.05) is 0 Å². The summed E-state index contributed by atoms with van der Waals surface area (Å²) < 4.78 is 31.2. The van der Waals surface area contributed by atoms with Crippen molar-refractivity contribution in [2.45, 2.75) is 19.3 Å². The van der Waals surface area contributed by atoms with Gasteiger partial charge in [-0.25, -0.2) is 8.78 Å². The summed E-state index contributed by atoms with van der Waals surface area (Å²) in [6, 6.07) is 3.03. The van der Waals surface area contributed by atoms with E-state index in [4.69, 9.17) is 9.84 Å². The zero-order chi connectivity index (χ0) is 16.1. The average Bonchev–Trinajstić information content (AvgIpc) is 2.95. The van der Waals surface area contributed by atoms with Gasteiger partial charge in [0.15, 0.2) is 11.6 Å². The topological polar surface area (TPSA) is 66.8 Å². The van der Waals surface area contributed by atoms with Crippen LogP contribution in [0.15, 0.2) is 18.2 Å². The van der Waals surface area contributed by atoms with Crippen LogP contribution in [0.5, 0.6) is 5.75 Å². The second-order valence-corrected chi connectivity index (χ2v) is 5.19. The lowest BCUT2D eigenvalue weighted by molar-refractivity contribution is -0.141. The van der Waals surface area contributed by atoms with Gasteiger partial charge in [-0.2, -0.15) is 0 Å². The van der Waals surface area contributed by atoms with Crippen LogP contribution >= 0.6 is 0 Å². The van der Waals surface area contributed by atoms with Crippen molar-refractivity contribution < 1.29 is 28.2 Å². The number of hydrogen-bond acceptors (Lipinski definition) is 3. The summed E-state index contributed by atoms with van der Waals surface area (Å²) >= 11 is 0. The molecule has 1 aromatic rings. The highest BCUT2D eigenvalue weighted by molar-refractivity contribution is 5.78. The Hall–Kier alpha value is -2.18. The molecule has 2 rings (SSSR count). The molecule has 1 N–H and O–H groups in total. The van der Waals surface area contributed by atoms with Crippen LogP contribution in [-0.4, -0.2) is 41.6 Å². The Labute approximate surface area is 126 Å². The summed E-state index contributed by atoms with van der Waals surface area (Å²) in [5.41, 5.74) is 0. The molecule has 1 aromatic carbocycles. The Morgan fingerprint density at radius 3 is 2.77 bits per heavy atom. The molecule has 0 spiro atoms. The van der Waals surface area contributed by atoms with Gasteiger partial charge in [0, 0.05) is 25.6 Å². The summed E-state index contributed by atoms with van der Waals surface area (Å²) in [5.74, 6) is -3.02. The summed E-state index contributed by atoms with van der Waals surface area (Å²) in [5, 5.41) is 8.88. The predicted octanol–water partition coefficient (Wildman–Crippen LogP) is 2.06. The lowest BCUT2D eigenvalue weighted by Crippen LogP contribution is -2.30. The molecule has 120 valence electrons. The van der Waals surface area contributed by atoms with Crippen molar-refractivity contribution in [2.24, 2.45) is 5.92 Å². The van der Waals surface area contributed by atoms with Crippen LogP contribution in [0.1, 0.15) is 19.3 Å². The number of likely N-dealkylation sites (tertiary alicyclic amines) is 1. The highest BCUT2D eigenvalue weighted by Gasteiger charge is 2.30. The molecule has 0 radical (unpaired) electrons. The van der Waals surface area contributed by atoms with E-state index >= 15 is 0 Å². The van der Waals surface area contributed by atoms with E-state index in [9.17, 15) is 18.4 Å². The van der Waals surface area contributed by atoms with Crippen molar-refractivity contribution >= 4 is 11.9 Å². The normalized spacial score (nSPS) is 17.5. The molecule has 0 aromatic heterocycles. The Morgan fingerprint density at radius 2 is 2.14 bits per heavy atom. The van der Waals surface area contributed by atoms with Gasteiger partial charge in [0.2, 0.25) is 5.91 Å². The highest BCUT2D eigenvalue weighted by Crippen LogP contribution is 2.19. The van der Waals surface area contributed by atoms with E-state index in [-0.39, 0.29) is 31.2 Å². The summed E-state index contributed by atoms with van der Waals surface area (Å²) in [7, 11) is 0. The zero-order valence-electron chi connectivity index (χ0n) is 11.9. The van der Waals surface area contributed by atoms with E-state index in [2.05, 4.69) is 0 Å². The van der Waals surface area contributed by atoms with Crippen LogP contribution < -0.4 is 4.74 Å². The summed E-state index contributed by atoms with van der Waals surface area (Å²) in [4.78, 5) is 24.2. The van der Waals surface area contributed by atoms with Crippen LogP contribution in [0, 0.1) is 17.6 Å². The molecule has 1 saturated heterocycles. The first-order valence-electron chi connectivity index (χ1n) is 7.06. The standard InChI is InChI=1S/C15H17F2NO4/c16-11-3-4-13(12(17)8-11)22-7-1-2-14(19)18-6-5-10(9-18)15(20)21/h3-4,8,10H,1-2,5-7,9H2,(H,20,21)/t10-/m1/s1. The van der Waals surface area contributed by atoms with E-state index < -0.39 is 23.5 Å². The number of amides is 1. The minimum atomic E-state index is -0.884. The van der Waals surface area contributed by atoms with Crippen molar-refractivity contribution in [1.29, 1.82) is 0 Å². The molecule has 22 heavy (non-hydrogen) atoms. The van der Waals surface area contributed by atoms with Crippen molar-refractivity contribution in [2.75, 3.05) is 19.7 Å². The van der Waals surface area contributed by atoms with Crippen molar-refractivity contribution in [3.8, 4) is 5.75 Å². The Kier molecular flexibility index (Phi) is 5.30. The van der Waals surface area contributed by atoms with Crippen LogP contribution in [0.25, 0.3) is 0 Å². The van der Waals surface area contributed by atoms with Gasteiger partial charge in [-0.15, -0.1) is 0 Å². The van der Waals surface area contributed by atoms with Gasteiger partial charge in [-0.3, -0.25) is 9.59 Å². The molecule has 1 amide bonds. The molecule has 1 atom stereocenters. The smallest absolute Gasteiger partial charge is 0.308 e. The van der Waals surface area contributed by atoms with Gasteiger partial charge < -0.3 is 14.7 Å². The SMILES string of the molecule is O=C(O)[C@@H]1CCN(C(=O)CCCOc2ccc(F)cc2F)C1. The average molecular weight is 313 g/mol. The third-order valence-electron chi connectivity index (χ3n) is 3.58. The van der Waals surface area contributed by atoms with Gasteiger partial charge >= 0.3 is 5.97 Å². The number of ether oxygens (including phenoxy) is 1. The molecule has 0 aliphatic carbocycles. The molecule has 5 nitrogen and oxygen atoms in total. The fourth-order valence-corrected chi connectivity index (χ4v) is 2.34. The van der Waals surface area contributed by atoms with E-state index in [1.165, 1.54) is 11.0 Å². The Bertz CT molecular complexity index is 564. The lowest BCUT2D eigenvalue weighted by atomic mass is 10.1. The number of carboxylic acid groups (broad SMARTS) is 1. The molecule has 7 heteroatoms. The number of benzene rings is 1. The maximum Gasteiger partial charge on any atom is 0.308 e. The second kappa shape index (κ2) is 7.20. The molecule has 1 aliphatic rings. The van der Waals surface area contributed by atoms with E-state index in [1.54, 1.807) is 0 Å². The van der Waals surface area contributed by atoms with Crippen molar-refractivity contribution in [1.82, 2.24) is 4.90 Å². The molecule has 0 unspecified atom stereocenters. The maximum atomic E-state index is 13.3. The summed E-state index contributed by atoms with van der Waals surface area (Å²) in [6.07, 6.45) is 1.05. The number of carbonyl (C=O) groups is 2. The molecular weight excluding hydrogens is 296 g/mol. The third-order valence-corrected chi connectivity index (χ3v) is 3.58. The quantitative estimate of drug-likeness (QED) is 0.816. The highest BCUT2D eigenvalue weighted by atomic mass is 19.1. The number of hydrogen-bond donors (Lipinski definition) is 1. The van der Waals surface area contributed by atoms with Gasteiger partial charge in [0.1, 0.15) is 5.82 Å². The second-order valence-electron chi connectivity index (χ2n) is 5.19. The molecule has 1 fully saturated rings. The van der Waals surface area contributed by atoms with Crippen molar-refractivity contribution in [3.63, 3.8) is 0 Å². The largest absolute Gasteiger partial charge is 0.491 e. The minimum Gasteiger partial charge on any atom is -0.491 e. The molecule has 0 saturated carbocycles. The van der Waals surface area contributed by atoms with Gasteiger partial charge in [-0.05, 0) is 25.0 Å². The zero-order valence-corrected chi connectivity index (χ0v) is 11.9. The number of carboxylic acids is 1. The van der Waals surface area contributed by atoms with Crippen LogP contribution in [0.3, 0.4) is 0 Å². The number of aliphatic carboxylic acids is 1. The first kappa shape index (κ1) is 16.2. The minimum absolute atomic E-state index is 0.0547. The third kappa shape index (κ3) is 4.16. The number of nitrogens with zero attached hydrogens (tertiary/aromatic N) is 1. The lowest BCUT2D eigenvalue weighted by Gasteiger charge is -2.15. The van der Waals surface area contributed by atoms with Crippen LogP contribution in [0.4, 0.5) is 8.78 Å². The molecule has 1 aliphatic heterocycles. The fraction of sp³-hybridized carbons (Fsp3) is 0.467. The first-order chi connectivity index (χ1) is 10.5. The van der Waals surface area contributed by atoms with Gasteiger partial charge in [0.05, 0.1) is 12.5 Å².